The molecule has 0 bridgehead atoms. The molecule has 0 saturated carbocycles. The maximum absolute atomic E-state index is 9.04. The highest BCUT2D eigenvalue weighted by atomic mass is 28.4. The molecule has 0 amide bonds. The highest BCUT2D eigenvalue weighted by Gasteiger charge is 2.21. The molecule has 2 nitrogen and oxygen atoms in total. The predicted molar refractivity (Wildman–Crippen MR) is 54.8 cm³/mol. The van der Waals surface area contributed by atoms with Crippen molar-refractivity contribution >= 4 is 8.32 Å². The van der Waals surface area contributed by atoms with E-state index in [0.717, 1.165) is 0 Å². The summed E-state index contributed by atoms with van der Waals surface area (Å²) in [7, 11) is -1.45. The molecule has 1 unspecified atom stereocenters. The second-order valence-electron chi connectivity index (χ2n) is 4.02. The highest BCUT2D eigenvalue weighted by Crippen LogP contribution is 2.14. The van der Waals surface area contributed by atoms with Gasteiger partial charge in [0.15, 0.2) is 8.32 Å². The fraction of sp³-hybridized carbons (Fsp3) is 1.00. The highest BCUT2D eigenvalue weighted by molar-refractivity contribution is 6.71. The summed E-state index contributed by atoms with van der Waals surface area (Å²) in [5.74, 6) is 0. The van der Waals surface area contributed by atoms with Crippen molar-refractivity contribution in [2.24, 2.45) is 0 Å². The molecule has 0 aliphatic carbocycles. The first-order valence-corrected chi connectivity index (χ1v) is 7.91. The Kier molecular flexibility index (Phi) is 5.79. The van der Waals surface area contributed by atoms with Crippen LogP contribution >= 0.6 is 0 Å². The normalized spacial score (nSPS) is 14.8. The van der Waals surface area contributed by atoms with Gasteiger partial charge in [-0.25, -0.2) is 0 Å². The Morgan fingerprint density at radius 1 is 1.42 bits per heavy atom. The van der Waals surface area contributed by atoms with Gasteiger partial charge in [0.1, 0.15) is 0 Å². The van der Waals surface area contributed by atoms with Crippen molar-refractivity contribution in [2.75, 3.05) is 6.61 Å². The van der Waals surface area contributed by atoms with Crippen LogP contribution in [0.15, 0.2) is 0 Å². The van der Waals surface area contributed by atoms with Gasteiger partial charge in [0.25, 0.3) is 0 Å². The molecule has 0 aliphatic heterocycles. The van der Waals surface area contributed by atoms with Crippen LogP contribution in [0.1, 0.15) is 26.7 Å². The fourth-order valence-electron chi connectivity index (χ4n) is 1.02. The minimum absolute atomic E-state index is 0.321. The van der Waals surface area contributed by atoms with Crippen LogP contribution < -0.4 is 0 Å². The molecule has 0 fully saturated rings. The topological polar surface area (TPSA) is 29.5 Å². The Balaban J connectivity index is 3.56. The molecule has 0 saturated heterocycles. The Morgan fingerprint density at radius 2 is 2.00 bits per heavy atom. The van der Waals surface area contributed by atoms with Crippen molar-refractivity contribution in [3.63, 3.8) is 0 Å². The number of unbranched alkanes of at least 4 members (excludes halogenated alkanes) is 1. The van der Waals surface area contributed by atoms with Crippen LogP contribution in [0.3, 0.4) is 0 Å². The van der Waals surface area contributed by atoms with Gasteiger partial charge >= 0.3 is 0 Å². The fourth-order valence-corrected chi connectivity index (χ4v) is 3.06. The lowest BCUT2D eigenvalue weighted by molar-refractivity contribution is 0.118. The van der Waals surface area contributed by atoms with E-state index >= 15 is 0 Å². The Morgan fingerprint density at radius 3 is 2.42 bits per heavy atom. The van der Waals surface area contributed by atoms with E-state index < -0.39 is 8.32 Å². The van der Waals surface area contributed by atoms with E-state index in [1.807, 2.05) is 0 Å². The third kappa shape index (κ3) is 6.82. The maximum atomic E-state index is 9.04. The molecule has 1 N–H and O–H groups in total. The van der Waals surface area contributed by atoms with Crippen molar-refractivity contribution in [2.45, 2.75) is 51.9 Å². The Hall–Kier alpha value is 0.137. The summed E-state index contributed by atoms with van der Waals surface area (Å²) in [5, 5.41) is 9.04. The summed E-state index contributed by atoms with van der Waals surface area (Å²) >= 11 is 0. The molecule has 3 heteroatoms. The summed E-state index contributed by atoms with van der Waals surface area (Å²) in [6.45, 7) is 8.89. The second-order valence-corrected chi connectivity index (χ2v) is 8.33. The lowest BCUT2D eigenvalue weighted by Crippen LogP contribution is -2.33. The second kappa shape index (κ2) is 5.73. The van der Waals surface area contributed by atoms with E-state index in [9.17, 15) is 0 Å². The first-order chi connectivity index (χ1) is 5.48. The SMILES string of the molecule is CCCC[Si](C)(C)OCC(C)O. The first kappa shape index (κ1) is 12.1. The zero-order valence-corrected chi connectivity index (χ0v) is 9.76. The minimum Gasteiger partial charge on any atom is -0.415 e. The average Bonchev–Trinajstić information content (AvgIpc) is 1.98. The number of hydrogen-bond acceptors (Lipinski definition) is 2. The molecule has 0 spiro atoms. The van der Waals surface area contributed by atoms with Crippen LogP contribution in [0.2, 0.25) is 19.1 Å². The molecule has 0 radical (unpaired) electrons. The number of aliphatic hydroxyl groups is 1. The summed E-state index contributed by atoms with van der Waals surface area (Å²) in [5.41, 5.74) is 0. The van der Waals surface area contributed by atoms with Gasteiger partial charge in [-0.3, -0.25) is 0 Å². The minimum atomic E-state index is -1.45. The largest absolute Gasteiger partial charge is 0.415 e. The zero-order valence-electron chi connectivity index (χ0n) is 8.76. The summed E-state index contributed by atoms with van der Waals surface area (Å²) in [6, 6.07) is 1.20. The van der Waals surface area contributed by atoms with Gasteiger partial charge in [-0.05, 0) is 26.1 Å². The molecular formula is C9H22O2Si. The van der Waals surface area contributed by atoms with Gasteiger partial charge in [0.2, 0.25) is 0 Å². The van der Waals surface area contributed by atoms with E-state index in [2.05, 4.69) is 20.0 Å². The van der Waals surface area contributed by atoms with Crippen LogP contribution in [-0.2, 0) is 4.43 Å². The van der Waals surface area contributed by atoms with Crippen molar-refractivity contribution < 1.29 is 9.53 Å². The Labute approximate surface area is 77.1 Å². The molecule has 0 aromatic carbocycles. The lowest BCUT2D eigenvalue weighted by Gasteiger charge is -2.23. The van der Waals surface area contributed by atoms with Crippen LogP contribution in [-0.4, -0.2) is 26.1 Å². The lowest BCUT2D eigenvalue weighted by atomic mass is 10.4. The van der Waals surface area contributed by atoms with Gasteiger partial charge in [-0.15, -0.1) is 0 Å². The van der Waals surface area contributed by atoms with Gasteiger partial charge in [0, 0.05) is 0 Å². The number of hydrogen-bond donors (Lipinski definition) is 1. The van der Waals surface area contributed by atoms with E-state index in [0.29, 0.717) is 6.61 Å². The summed E-state index contributed by atoms with van der Waals surface area (Å²) < 4.78 is 5.68. The van der Waals surface area contributed by atoms with Crippen molar-refractivity contribution in [3.8, 4) is 0 Å². The van der Waals surface area contributed by atoms with Crippen LogP contribution in [0.4, 0.5) is 0 Å². The monoisotopic (exact) mass is 190 g/mol. The van der Waals surface area contributed by atoms with Crippen LogP contribution in [0.25, 0.3) is 0 Å². The van der Waals surface area contributed by atoms with E-state index in [1.165, 1.54) is 18.9 Å². The third-order valence-electron chi connectivity index (χ3n) is 1.85. The quantitative estimate of drug-likeness (QED) is 0.652. The molecule has 12 heavy (non-hydrogen) atoms. The standard InChI is InChI=1S/C9H22O2Si/c1-5-6-7-12(3,4)11-8-9(2)10/h9-10H,5-8H2,1-4H3. The van der Waals surface area contributed by atoms with Crippen LogP contribution in [0, 0.1) is 0 Å². The average molecular weight is 190 g/mol. The van der Waals surface area contributed by atoms with Gasteiger partial charge in [-0.1, -0.05) is 19.8 Å². The number of aliphatic hydroxyl groups excluding tert-OH is 1. The third-order valence-corrected chi connectivity index (χ3v) is 4.35. The molecular weight excluding hydrogens is 168 g/mol. The smallest absolute Gasteiger partial charge is 0.186 e. The van der Waals surface area contributed by atoms with E-state index in [4.69, 9.17) is 9.53 Å². The molecule has 0 aromatic rings. The van der Waals surface area contributed by atoms with Gasteiger partial charge < -0.3 is 9.53 Å². The molecule has 1 atom stereocenters. The molecule has 0 rings (SSSR count). The summed E-state index contributed by atoms with van der Waals surface area (Å²) in [6.07, 6.45) is 2.16. The van der Waals surface area contributed by atoms with E-state index in [-0.39, 0.29) is 6.10 Å². The van der Waals surface area contributed by atoms with E-state index in [1.54, 1.807) is 6.92 Å². The van der Waals surface area contributed by atoms with Crippen LogP contribution in [0.5, 0.6) is 0 Å². The summed E-state index contributed by atoms with van der Waals surface area (Å²) in [4.78, 5) is 0. The molecule has 74 valence electrons. The van der Waals surface area contributed by atoms with Gasteiger partial charge in [-0.2, -0.15) is 0 Å². The van der Waals surface area contributed by atoms with Crippen molar-refractivity contribution in [1.82, 2.24) is 0 Å². The first-order valence-electron chi connectivity index (χ1n) is 4.80. The maximum Gasteiger partial charge on any atom is 0.186 e. The Bertz CT molecular complexity index is 113. The van der Waals surface area contributed by atoms with Crippen molar-refractivity contribution in [3.05, 3.63) is 0 Å². The predicted octanol–water partition coefficient (Wildman–Crippen LogP) is 2.39. The van der Waals surface area contributed by atoms with Crippen molar-refractivity contribution in [1.29, 1.82) is 0 Å². The molecule has 0 aliphatic rings. The number of rotatable bonds is 6. The molecule has 0 heterocycles. The molecule has 0 aromatic heterocycles. The van der Waals surface area contributed by atoms with Gasteiger partial charge in [0.05, 0.1) is 12.7 Å². The zero-order chi connectivity index (χ0) is 9.61.